The molecular weight excluding hydrogens is 330 g/mol. The smallest absolute Gasteiger partial charge is 0.269 e. The van der Waals surface area contributed by atoms with Crippen molar-refractivity contribution in [2.75, 3.05) is 13.1 Å². The Bertz CT molecular complexity index is 729. The molecule has 2 fully saturated rings. The van der Waals surface area contributed by atoms with Gasteiger partial charge in [0.2, 0.25) is 11.5 Å². The zero-order chi connectivity index (χ0) is 18.1. The monoisotopic (exact) mass is 355 g/mol. The van der Waals surface area contributed by atoms with Gasteiger partial charge < -0.3 is 15.1 Å². The number of nitrogens with zero attached hydrogens (tertiary/aromatic N) is 2. The minimum atomic E-state index is -0.986. The standard InChI is InChI=1S/C20H25N3O3/c1-20(12-17(22-26-20)14-6-3-2-4-7-14)19(25)23-11-5-8-15(13-23)18(24)21-16-9-10-16/h2-4,6-7,15-16H,5,8-13H2,1H3,(H,21,24)/t15-,20-/m1/s1. The third-order valence-corrected chi connectivity index (χ3v) is 5.42. The Labute approximate surface area is 153 Å². The number of nitrogens with one attached hydrogen (secondary N) is 1. The van der Waals surface area contributed by atoms with E-state index in [0.29, 0.717) is 25.6 Å². The fourth-order valence-electron chi connectivity index (χ4n) is 3.70. The molecule has 3 aliphatic rings. The van der Waals surface area contributed by atoms with Gasteiger partial charge in [0.05, 0.1) is 11.6 Å². The van der Waals surface area contributed by atoms with E-state index in [0.717, 1.165) is 37.0 Å². The van der Waals surface area contributed by atoms with Crippen LogP contribution in [0.25, 0.3) is 0 Å². The van der Waals surface area contributed by atoms with Gasteiger partial charge in [0.25, 0.3) is 5.91 Å². The molecule has 1 aliphatic carbocycles. The molecule has 0 aromatic heterocycles. The van der Waals surface area contributed by atoms with E-state index in [1.165, 1.54) is 0 Å². The minimum absolute atomic E-state index is 0.0731. The summed E-state index contributed by atoms with van der Waals surface area (Å²) in [6.45, 7) is 2.94. The van der Waals surface area contributed by atoms with Crippen molar-refractivity contribution in [2.24, 2.45) is 11.1 Å². The quantitative estimate of drug-likeness (QED) is 0.899. The predicted molar refractivity (Wildman–Crippen MR) is 97.6 cm³/mol. The summed E-state index contributed by atoms with van der Waals surface area (Å²) in [5, 5.41) is 7.23. The van der Waals surface area contributed by atoms with Gasteiger partial charge in [0, 0.05) is 25.6 Å². The van der Waals surface area contributed by atoms with Crippen LogP contribution in [0.2, 0.25) is 0 Å². The van der Waals surface area contributed by atoms with Crippen LogP contribution in [0.5, 0.6) is 0 Å². The lowest BCUT2D eigenvalue weighted by molar-refractivity contribution is -0.155. The SMILES string of the molecule is C[C@]1(C(=O)N2CCC[C@@H](C(=O)NC3CC3)C2)CC(c2ccccc2)=NO1. The summed E-state index contributed by atoms with van der Waals surface area (Å²) < 4.78 is 0. The van der Waals surface area contributed by atoms with Gasteiger partial charge in [-0.1, -0.05) is 35.5 Å². The lowest BCUT2D eigenvalue weighted by Crippen LogP contribution is -2.52. The lowest BCUT2D eigenvalue weighted by atomic mass is 9.91. The number of piperidine rings is 1. The number of rotatable bonds is 4. The Balaban J connectivity index is 1.39. The molecule has 2 atom stereocenters. The number of carbonyl (C=O) groups is 2. The van der Waals surface area contributed by atoms with Crippen molar-refractivity contribution in [1.29, 1.82) is 0 Å². The first-order chi connectivity index (χ1) is 12.5. The van der Waals surface area contributed by atoms with E-state index in [4.69, 9.17) is 4.84 Å². The lowest BCUT2D eigenvalue weighted by Gasteiger charge is -2.35. The molecule has 4 rings (SSSR count). The van der Waals surface area contributed by atoms with Crippen LogP contribution >= 0.6 is 0 Å². The Kier molecular flexibility index (Phi) is 4.42. The average molecular weight is 355 g/mol. The Morgan fingerprint density at radius 1 is 1.23 bits per heavy atom. The molecule has 1 aromatic carbocycles. The summed E-state index contributed by atoms with van der Waals surface area (Å²) in [5.41, 5.74) is 0.783. The third-order valence-electron chi connectivity index (χ3n) is 5.42. The minimum Gasteiger partial charge on any atom is -0.379 e. The van der Waals surface area contributed by atoms with Gasteiger partial charge in [-0.25, -0.2) is 0 Å². The van der Waals surface area contributed by atoms with Crippen LogP contribution in [0, 0.1) is 5.92 Å². The van der Waals surface area contributed by atoms with Crippen LogP contribution in [0.4, 0.5) is 0 Å². The highest BCUT2D eigenvalue weighted by Gasteiger charge is 2.46. The van der Waals surface area contributed by atoms with Crippen molar-refractivity contribution in [3.05, 3.63) is 35.9 Å². The van der Waals surface area contributed by atoms with E-state index < -0.39 is 5.60 Å². The third kappa shape index (κ3) is 3.45. The number of hydrogen-bond donors (Lipinski definition) is 1. The summed E-state index contributed by atoms with van der Waals surface area (Å²) in [6.07, 6.45) is 4.28. The van der Waals surface area contributed by atoms with Gasteiger partial charge >= 0.3 is 0 Å². The van der Waals surface area contributed by atoms with Crippen LogP contribution in [0.1, 0.15) is 44.6 Å². The van der Waals surface area contributed by atoms with E-state index in [1.807, 2.05) is 30.3 Å². The van der Waals surface area contributed by atoms with E-state index in [2.05, 4.69) is 10.5 Å². The highest BCUT2D eigenvalue weighted by atomic mass is 16.7. The Morgan fingerprint density at radius 3 is 2.73 bits per heavy atom. The number of amides is 2. The van der Waals surface area contributed by atoms with Crippen LogP contribution in [-0.4, -0.2) is 47.2 Å². The maximum atomic E-state index is 13.1. The molecule has 1 saturated carbocycles. The van der Waals surface area contributed by atoms with Gasteiger partial charge in [0.1, 0.15) is 0 Å². The van der Waals surface area contributed by atoms with Crippen LogP contribution in [0.3, 0.4) is 0 Å². The Hall–Kier alpha value is -2.37. The number of carbonyl (C=O) groups excluding carboxylic acids is 2. The van der Waals surface area contributed by atoms with E-state index in [-0.39, 0.29) is 17.7 Å². The van der Waals surface area contributed by atoms with Crippen molar-refractivity contribution in [3.8, 4) is 0 Å². The topological polar surface area (TPSA) is 71.0 Å². The average Bonchev–Trinajstić information content (AvgIpc) is 3.40. The van der Waals surface area contributed by atoms with Crippen LogP contribution in [-0.2, 0) is 14.4 Å². The molecule has 138 valence electrons. The summed E-state index contributed by atoms with van der Waals surface area (Å²) >= 11 is 0. The second-order valence-corrected chi connectivity index (χ2v) is 7.78. The first-order valence-corrected chi connectivity index (χ1v) is 9.45. The van der Waals surface area contributed by atoms with Crippen LogP contribution < -0.4 is 5.32 Å². The van der Waals surface area contributed by atoms with Crippen molar-refractivity contribution in [2.45, 2.75) is 50.7 Å². The van der Waals surface area contributed by atoms with Gasteiger partial charge in [-0.3, -0.25) is 9.59 Å². The van der Waals surface area contributed by atoms with Crippen molar-refractivity contribution in [1.82, 2.24) is 10.2 Å². The number of oxime groups is 1. The fourth-order valence-corrected chi connectivity index (χ4v) is 3.70. The maximum absolute atomic E-state index is 13.1. The number of hydrogen-bond acceptors (Lipinski definition) is 4. The summed E-state index contributed by atoms with van der Waals surface area (Å²) in [6, 6.07) is 10.1. The van der Waals surface area contributed by atoms with Gasteiger partial charge in [-0.2, -0.15) is 0 Å². The zero-order valence-corrected chi connectivity index (χ0v) is 15.1. The molecule has 0 radical (unpaired) electrons. The molecule has 0 spiro atoms. The largest absolute Gasteiger partial charge is 0.379 e. The van der Waals surface area contributed by atoms with E-state index in [9.17, 15) is 9.59 Å². The molecule has 1 saturated heterocycles. The zero-order valence-electron chi connectivity index (χ0n) is 15.1. The first-order valence-electron chi connectivity index (χ1n) is 9.45. The molecule has 26 heavy (non-hydrogen) atoms. The van der Waals surface area contributed by atoms with Gasteiger partial charge in [-0.15, -0.1) is 0 Å². The van der Waals surface area contributed by atoms with E-state index in [1.54, 1.807) is 11.8 Å². The highest BCUT2D eigenvalue weighted by Crippen LogP contribution is 2.30. The normalized spacial score (nSPS) is 28.3. The summed E-state index contributed by atoms with van der Waals surface area (Å²) in [7, 11) is 0. The predicted octanol–water partition coefficient (Wildman–Crippen LogP) is 2.09. The molecule has 0 unspecified atom stereocenters. The van der Waals surface area contributed by atoms with E-state index >= 15 is 0 Å². The van der Waals surface area contributed by atoms with Crippen molar-refractivity contribution < 1.29 is 14.4 Å². The molecule has 2 aliphatic heterocycles. The summed E-state index contributed by atoms with van der Waals surface area (Å²) in [5.74, 6) is -0.104. The second kappa shape index (κ2) is 6.74. The first kappa shape index (κ1) is 17.1. The molecule has 2 heterocycles. The molecule has 2 amide bonds. The van der Waals surface area contributed by atoms with Crippen molar-refractivity contribution in [3.63, 3.8) is 0 Å². The number of benzene rings is 1. The Morgan fingerprint density at radius 2 is 2.00 bits per heavy atom. The molecule has 6 nitrogen and oxygen atoms in total. The highest BCUT2D eigenvalue weighted by molar-refractivity contribution is 6.05. The van der Waals surface area contributed by atoms with Gasteiger partial charge in [0.15, 0.2) is 0 Å². The molecule has 1 N–H and O–H groups in total. The molecule has 0 bridgehead atoms. The van der Waals surface area contributed by atoms with Gasteiger partial charge in [-0.05, 0) is 38.2 Å². The summed E-state index contributed by atoms with van der Waals surface area (Å²) in [4.78, 5) is 32.8. The molecule has 6 heteroatoms. The van der Waals surface area contributed by atoms with Crippen molar-refractivity contribution >= 4 is 17.5 Å². The van der Waals surface area contributed by atoms with Crippen LogP contribution in [0.15, 0.2) is 35.5 Å². The second-order valence-electron chi connectivity index (χ2n) is 7.78. The fraction of sp³-hybridized carbons (Fsp3) is 0.550. The molecule has 1 aromatic rings. The molecular formula is C20H25N3O3. The number of likely N-dealkylation sites (tertiary alicyclic amines) is 1. The maximum Gasteiger partial charge on any atom is 0.269 e.